The van der Waals surface area contributed by atoms with Crippen LogP contribution in [-0.2, 0) is 13.1 Å². The number of fused-ring (bicyclic) bond motifs is 3. The highest BCUT2D eigenvalue weighted by molar-refractivity contribution is 5.86. The molecule has 1 aliphatic rings. The third-order valence-electron chi connectivity index (χ3n) is 5.30. The van der Waals surface area contributed by atoms with Crippen molar-refractivity contribution in [3.8, 4) is 22.6 Å². The second-order valence-corrected chi connectivity index (χ2v) is 7.60. The van der Waals surface area contributed by atoms with Crippen molar-refractivity contribution in [2.45, 2.75) is 19.5 Å². The third-order valence-corrected chi connectivity index (χ3v) is 5.30. The first-order valence-corrected chi connectivity index (χ1v) is 10.1. The van der Waals surface area contributed by atoms with Crippen molar-refractivity contribution in [3.63, 3.8) is 0 Å². The Hall–Kier alpha value is -3.85. The van der Waals surface area contributed by atoms with Crippen molar-refractivity contribution < 1.29 is 27.1 Å². The number of hydrogen-bond donors (Lipinski definition) is 0. The number of halogens is 3. The van der Waals surface area contributed by atoms with Gasteiger partial charge in [0.05, 0.1) is 11.1 Å². The zero-order valence-corrected chi connectivity index (χ0v) is 17.1. The highest BCUT2D eigenvalue weighted by Gasteiger charge is 2.31. The minimum Gasteiger partial charge on any atom is -0.478 e. The zero-order valence-electron chi connectivity index (χ0n) is 17.1. The molecule has 4 aromatic rings. The fourth-order valence-corrected chi connectivity index (χ4v) is 3.82. The summed E-state index contributed by atoms with van der Waals surface area (Å²) < 4.78 is 52.6. The average Bonchev–Trinajstić information content (AvgIpc) is 2.79. The van der Waals surface area contributed by atoms with E-state index in [4.69, 9.17) is 9.15 Å². The molecule has 33 heavy (non-hydrogen) atoms. The van der Waals surface area contributed by atoms with Crippen LogP contribution in [0.25, 0.3) is 22.1 Å². The van der Waals surface area contributed by atoms with Gasteiger partial charge in [-0.05, 0) is 53.6 Å². The Balaban J connectivity index is 1.46. The number of rotatable bonds is 4. The van der Waals surface area contributed by atoms with Gasteiger partial charge < -0.3 is 13.9 Å². The molecule has 168 valence electrons. The van der Waals surface area contributed by atoms with E-state index < -0.39 is 12.0 Å². The van der Waals surface area contributed by atoms with Gasteiger partial charge in [-0.2, -0.15) is 0 Å². The lowest BCUT2D eigenvalue weighted by Crippen LogP contribution is -2.31. The normalized spacial score (nSPS) is 14.0. The number of aromatic nitrogens is 1. The van der Waals surface area contributed by atoms with Crippen molar-refractivity contribution >= 4 is 11.0 Å². The molecule has 0 saturated heterocycles. The fraction of sp³-hybridized carbons (Fsp3) is 0.167. The van der Waals surface area contributed by atoms with Crippen LogP contribution >= 0.6 is 0 Å². The van der Waals surface area contributed by atoms with Crippen LogP contribution in [-0.4, -0.2) is 23.0 Å². The number of nitrogens with zero attached hydrogens (tertiary/aromatic N) is 2. The van der Waals surface area contributed by atoms with E-state index in [0.29, 0.717) is 42.1 Å². The van der Waals surface area contributed by atoms with Gasteiger partial charge >= 0.3 is 12.0 Å². The summed E-state index contributed by atoms with van der Waals surface area (Å²) in [6.07, 6.45) is -1.33. The molecule has 2 aromatic heterocycles. The maximum absolute atomic E-state index is 12.8. The summed E-state index contributed by atoms with van der Waals surface area (Å²) in [4.78, 5) is 18.9. The number of ether oxygens (including phenoxy) is 2. The minimum absolute atomic E-state index is 0.242. The molecule has 6 nitrogen and oxygen atoms in total. The Kier molecular flexibility index (Phi) is 5.26. The van der Waals surface area contributed by atoms with Gasteiger partial charge in [0, 0.05) is 30.9 Å². The number of alkyl halides is 3. The summed E-state index contributed by atoms with van der Waals surface area (Å²) in [5, 5.41) is 0.688. The van der Waals surface area contributed by atoms with Gasteiger partial charge in [-0.3, -0.25) is 9.88 Å². The monoisotopic (exact) mass is 454 g/mol. The standard InChI is InChI=1S/C24H17F3N2O4/c25-24(26,27)33-18-4-1-16(2-5-18)19-11-17-3-6-21-20(22(17)32-23(19)30)13-29(14-31-21)12-15-7-9-28-10-8-15/h1-11H,12-14H2. The van der Waals surface area contributed by atoms with E-state index in [9.17, 15) is 18.0 Å². The summed E-state index contributed by atoms with van der Waals surface area (Å²) in [6, 6.07) is 14.2. The van der Waals surface area contributed by atoms with Crippen molar-refractivity contribution in [1.82, 2.24) is 9.88 Å². The van der Waals surface area contributed by atoms with E-state index in [2.05, 4.69) is 14.6 Å². The van der Waals surface area contributed by atoms with Crippen LogP contribution in [0.5, 0.6) is 11.5 Å². The van der Waals surface area contributed by atoms with E-state index in [1.54, 1.807) is 24.5 Å². The van der Waals surface area contributed by atoms with Gasteiger partial charge in [-0.1, -0.05) is 12.1 Å². The molecule has 0 N–H and O–H groups in total. The van der Waals surface area contributed by atoms with Crippen LogP contribution in [0.2, 0.25) is 0 Å². The SMILES string of the molecule is O=c1oc2c3c(ccc2cc1-c1ccc(OC(F)(F)F)cc1)OCN(Cc1ccncc1)C3. The van der Waals surface area contributed by atoms with Crippen LogP contribution < -0.4 is 15.1 Å². The molecule has 2 aromatic carbocycles. The molecule has 0 atom stereocenters. The molecule has 0 radical (unpaired) electrons. The largest absolute Gasteiger partial charge is 0.573 e. The highest BCUT2D eigenvalue weighted by Crippen LogP contribution is 2.34. The predicted octanol–water partition coefficient (Wildman–Crippen LogP) is 5.11. The summed E-state index contributed by atoms with van der Waals surface area (Å²) in [6.45, 7) is 1.57. The molecule has 1 aliphatic heterocycles. The zero-order chi connectivity index (χ0) is 23.0. The molecule has 3 heterocycles. The minimum atomic E-state index is -4.78. The summed E-state index contributed by atoms with van der Waals surface area (Å²) in [7, 11) is 0. The van der Waals surface area contributed by atoms with Crippen LogP contribution in [0, 0.1) is 0 Å². The van der Waals surface area contributed by atoms with E-state index in [0.717, 1.165) is 23.3 Å². The molecular formula is C24H17F3N2O4. The Morgan fingerprint density at radius 3 is 2.52 bits per heavy atom. The predicted molar refractivity (Wildman–Crippen MR) is 114 cm³/mol. The molecule has 0 unspecified atom stereocenters. The van der Waals surface area contributed by atoms with Crippen LogP contribution in [0.1, 0.15) is 11.1 Å². The van der Waals surface area contributed by atoms with Crippen molar-refractivity contribution in [1.29, 1.82) is 0 Å². The summed E-state index contributed by atoms with van der Waals surface area (Å²) >= 11 is 0. The first-order valence-electron chi connectivity index (χ1n) is 10.1. The Bertz CT molecular complexity index is 1350. The lowest BCUT2D eigenvalue weighted by atomic mass is 10.0. The second-order valence-electron chi connectivity index (χ2n) is 7.60. The van der Waals surface area contributed by atoms with E-state index in [1.165, 1.54) is 12.1 Å². The molecule has 0 saturated carbocycles. The molecule has 0 fully saturated rings. The van der Waals surface area contributed by atoms with E-state index in [-0.39, 0.29) is 11.3 Å². The molecule has 9 heteroatoms. The highest BCUT2D eigenvalue weighted by atomic mass is 19.4. The molecule has 0 aliphatic carbocycles. The third kappa shape index (κ3) is 4.54. The molecule has 0 amide bonds. The topological polar surface area (TPSA) is 64.8 Å². The van der Waals surface area contributed by atoms with Gasteiger partial charge in [0.25, 0.3) is 0 Å². The van der Waals surface area contributed by atoms with Crippen molar-refractivity contribution in [3.05, 3.63) is 88.5 Å². The smallest absolute Gasteiger partial charge is 0.478 e. The number of pyridine rings is 1. The first-order chi connectivity index (χ1) is 15.9. The summed E-state index contributed by atoms with van der Waals surface area (Å²) in [5.74, 6) is 0.287. The van der Waals surface area contributed by atoms with Crippen LogP contribution in [0.15, 0.2) is 76.2 Å². The fourth-order valence-electron chi connectivity index (χ4n) is 3.82. The maximum Gasteiger partial charge on any atom is 0.573 e. The summed E-state index contributed by atoms with van der Waals surface area (Å²) in [5.41, 5.74) is 2.36. The lowest BCUT2D eigenvalue weighted by Gasteiger charge is -2.29. The maximum atomic E-state index is 12.8. The van der Waals surface area contributed by atoms with Crippen LogP contribution in [0.4, 0.5) is 13.2 Å². The molecule has 0 spiro atoms. The van der Waals surface area contributed by atoms with Gasteiger partial charge in [-0.25, -0.2) is 4.79 Å². The lowest BCUT2D eigenvalue weighted by molar-refractivity contribution is -0.274. The quantitative estimate of drug-likeness (QED) is 0.400. The van der Waals surface area contributed by atoms with Crippen molar-refractivity contribution in [2.24, 2.45) is 0 Å². The van der Waals surface area contributed by atoms with Gasteiger partial charge in [0.1, 0.15) is 23.8 Å². The van der Waals surface area contributed by atoms with Crippen LogP contribution in [0.3, 0.4) is 0 Å². The van der Waals surface area contributed by atoms with Gasteiger partial charge in [0.2, 0.25) is 0 Å². The van der Waals surface area contributed by atoms with Gasteiger partial charge in [0.15, 0.2) is 0 Å². The average molecular weight is 454 g/mol. The van der Waals surface area contributed by atoms with Gasteiger partial charge in [-0.15, -0.1) is 13.2 Å². The molecule has 5 rings (SSSR count). The van der Waals surface area contributed by atoms with Crippen molar-refractivity contribution in [2.75, 3.05) is 6.73 Å². The molecular weight excluding hydrogens is 437 g/mol. The number of benzene rings is 2. The molecule has 0 bridgehead atoms. The number of hydrogen-bond acceptors (Lipinski definition) is 6. The van der Waals surface area contributed by atoms with E-state index in [1.807, 2.05) is 18.2 Å². The Morgan fingerprint density at radius 1 is 1.03 bits per heavy atom. The second kappa shape index (κ2) is 8.25. The first kappa shape index (κ1) is 21.0. The Labute approximate surface area is 185 Å². The Morgan fingerprint density at radius 2 is 1.79 bits per heavy atom. The van der Waals surface area contributed by atoms with E-state index >= 15 is 0 Å².